The maximum Gasteiger partial charge on any atom is 0.00814 e. The van der Waals surface area contributed by atoms with Crippen LogP contribution in [0.15, 0.2) is 0 Å². The number of hydrogen-bond donors (Lipinski definition) is 0. The van der Waals surface area contributed by atoms with Crippen LogP contribution in [0.5, 0.6) is 0 Å². The van der Waals surface area contributed by atoms with E-state index >= 15 is 0 Å². The minimum absolute atomic E-state index is 0.843. The summed E-state index contributed by atoms with van der Waals surface area (Å²) in [7, 11) is 2.18. The van der Waals surface area contributed by atoms with Gasteiger partial charge in [0.1, 0.15) is 0 Å². The predicted molar refractivity (Wildman–Crippen MR) is 31.3 cm³/mol. The highest BCUT2D eigenvalue weighted by molar-refractivity contribution is 4.83. The topological polar surface area (TPSA) is 3.24 Å². The van der Waals surface area contributed by atoms with Gasteiger partial charge in [-0.3, -0.25) is 0 Å². The summed E-state index contributed by atoms with van der Waals surface area (Å²) < 4.78 is 0. The molecule has 0 radical (unpaired) electrons. The lowest BCUT2D eigenvalue weighted by Gasteiger charge is -2.42. The van der Waals surface area contributed by atoms with Crippen molar-refractivity contribution in [2.24, 2.45) is 0 Å². The van der Waals surface area contributed by atoms with E-state index in [-0.39, 0.29) is 0 Å². The monoisotopic (exact) mass is 99.1 g/mol. The molecule has 0 N–H and O–H groups in total. The fraction of sp³-hybridized carbons (Fsp3) is 1.00. The van der Waals surface area contributed by atoms with Crippen molar-refractivity contribution in [3.8, 4) is 0 Å². The Labute approximate surface area is 45.3 Å². The van der Waals surface area contributed by atoms with Crippen LogP contribution in [0.1, 0.15) is 20.3 Å². The lowest BCUT2D eigenvalue weighted by atomic mass is 9.98. The molecular formula is C6H13N. The van der Waals surface area contributed by atoms with E-state index in [1.165, 1.54) is 6.42 Å². The summed E-state index contributed by atoms with van der Waals surface area (Å²) in [6.45, 7) is 4.53. The van der Waals surface area contributed by atoms with E-state index in [9.17, 15) is 0 Å². The van der Waals surface area contributed by atoms with E-state index in [2.05, 4.69) is 25.8 Å². The normalized spacial score (nSPS) is 43.3. The quantitative estimate of drug-likeness (QED) is 0.439. The van der Waals surface area contributed by atoms with Gasteiger partial charge < -0.3 is 4.90 Å². The first kappa shape index (κ1) is 5.10. The summed E-state index contributed by atoms with van der Waals surface area (Å²) in [5.41, 5.74) is 0. The van der Waals surface area contributed by atoms with E-state index in [0.717, 1.165) is 12.1 Å². The van der Waals surface area contributed by atoms with Crippen molar-refractivity contribution in [1.82, 2.24) is 4.90 Å². The zero-order valence-corrected chi connectivity index (χ0v) is 5.31. The number of likely N-dealkylation sites (tertiary alicyclic amines) is 1. The van der Waals surface area contributed by atoms with Crippen LogP contribution in [0.3, 0.4) is 0 Å². The molecule has 0 aromatic heterocycles. The molecule has 2 unspecified atom stereocenters. The standard InChI is InChI=1S/C6H13N/c1-5-4-6(2)7(5)3/h5-6H,4H2,1-3H3. The number of rotatable bonds is 0. The molecule has 1 aliphatic rings. The van der Waals surface area contributed by atoms with Crippen LogP contribution < -0.4 is 0 Å². The molecule has 1 heteroatoms. The highest BCUT2D eigenvalue weighted by Gasteiger charge is 2.26. The Kier molecular flexibility index (Phi) is 1.08. The average molecular weight is 99.2 g/mol. The van der Waals surface area contributed by atoms with Gasteiger partial charge in [-0.1, -0.05) is 0 Å². The van der Waals surface area contributed by atoms with E-state index in [1.807, 2.05) is 0 Å². The third-order valence-electron chi connectivity index (χ3n) is 2.07. The molecule has 42 valence electrons. The van der Waals surface area contributed by atoms with Crippen LogP contribution in [0.25, 0.3) is 0 Å². The number of hydrogen-bond acceptors (Lipinski definition) is 1. The van der Waals surface area contributed by atoms with E-state index in [0.29, 0.717) is 0 Å². The molecule has 7 heavy (non-hydrogen) atoms. The molecule has 0 aliphatic carbocycles. The van der Waals surface area contributed by atoms with Crippen molar-refractivity contribution in [2.45, 2.75) is 32.4 Å². The molecule has 0 aromatic rings. The summed E-state index contributed by atoms with van der Waals surface area (Å²) in [4.78, 5) is 2.39. The fourth-order valence-electron chi connectivity index (χ4n) is 1.12. The largest absolute Gasteiger partial charge is 0.301 e. The Morgan fingerprint density at radius 3 is 1.71 bits per heavy atom. The fourth-order valence-corrected chi connectivity index (χ4v) is 1.12. The molecule has 1 aliphatic heterocycles. The summed E-state index contributed by atoms with van der Waals surface area (Å²) in [6.07, 6.45) is 1.39. The predicted octanol–water partition coefficient (Wildman–Crippen LogP) is 1.10. The van der Waals surface area contributed by atoms with Gasteiger partial charge in [-0.05, 0) is 27.3 Å². The van der Waals surface area contributed by atoms with Crippen molar-refractivity contribution in [2.75, 3.05) is 7.05 Å². The Morgan fingerprint density at radius 2 is 1.71 bits per heavy atom. The first-order valence-corrected chi connectivity index (χ1v) is 2.93. The molecule has 0 aromatic carbocycles. The van der Waals surface area contributed by atoms with Crippen LogP contribution in [-0.2, 0) is 0 Å². The lowest BCUT2D eigenvalue weighted by Crippen LogP contribution is -2.49. The molecular weight excluding hydrogens is 86.1 g/mol. The van der Waals surface area contributed by atoms with E-state index in [1.54, 1.807) is 0 Å². The average Bonchev–Trinajstić information content (AvgIpc) is 1.68. The maximum atomic E-state index is 2.39. The first-order valence-electron chi connectivity index (χ1n) is 2.93. The second kappa shape index (κ2) is 1.48. The minimum Gasteiger partial charge on any atom is -0.301 e. The zero-order chi connectivity index (χ0) is 5.44. The molecule has 2 atom stereocenters. The van der Waals surface area contributed by atoms with Crippen LogP contribution in [0.2, 0.25) is 0 Å². The van der Waals surface area contributed by atoms with Crippen LogP contribution in [0.4, 0.5) is 0 Å². The van der Waals surface area contributed by atoms with E-state index in [4.69, 9.17) is 0 Å². The highest BCUT2D eigenvalue weighted by Crippen LogP contribution is 2.21. The molecule has 1 rings (SSSR count). The van der Waals surface area contributed by atoms with Gasteiger partial charge in [0.05, 0.1) is 0 Å². The highest BCUT2D eigenvalue weighted by atomic mass is 15.2. The minimum atomic E-state index is 0.843. The third kappa shape index (κ3) is 0.653. The lowest BCUT2D eigenvalue weighted by molar-refractivity contribution is 0.0697. The van der Waals surface area contributed by atoms with Gasteiger partial charge in [0.2, 0.25) is 0 Å². The summed E-state index contributed by atoms with van der Waals surface area (Å²) in [5.74, 6) is 0. The Morgan fingerprint density at radius 1 is 1.29 bits per heavy atom. The molecule has 0 bridgehead atoms. The van der Waals surface area contributed by atoms with Crippen molar-refractivity contribution in [3.05, 3.63) is 0 Å². The second-order valence-corrected chi connectivity index (χ2v) is 2.60. The summed E-state index contributed by atoms with van der Waals surface area (Å²) in [6, 6.07) is 1.69. The SMILES string of the molecule is CC1CC(C)N1C. The van der Waals surface area contributed by atoms with Gasteiger partial charge in [0.15, 0.2) is 0 Å². The van der Waals surface area contributed by atoms with Gasteiger partial charge in [0.25, 0.3) is 0 Å². The van der Waals surface area contributed by atoms with Crippen molar-refractivity contribution >= 4 is 0 Å². The Hall–Kier alpha value is -0.0400. The van der Waals surface area contributed by atoms with Gasteiger partial charge in [-0.2, -0.15) is 0 Å². The van der Waals surface area contributed by atoms with Crippen molar-refractivity contribution in [3.63, 3.8) is 0 Å². The summed E-state index contributed by atoms with van der Waals surface area (Å²) in [5, 5.41) is 0. The Bertz CT molecular complexity index is 62.6. The van der Waals surface area contributed by atoms with Crippen LogP contribution >= 0.6 is 0 Å². The maximum absolute atomic E-state index is 2.39. The molecule has 0 spiro atoms. The third-order valence-corrected chi connectivity index (χ3v) is 2.07. The summed E-state index contributed by atoms with van der Waals surface area (Å²) >= 11 is 0. The molecule has 1 fully saturated rings. The van der Waals surface area contributed by atoms with Crippen LogP contribution in [-0.4, -0.2) is 24.0 Å². The van der Waals surface area contributed by atoms with Gasteiger partial charge in [-0.25, -0.2) is 0 Å². The molecule has 1 saturated heterocycles. The van der Waals surface area contributed by atoms with Gasteiger partial charge in [-0.15, -0.1) is 0 Å². The van der Waals surface area contributed by atoms with Gasteiger partial charge >= 0.3 is 0 Å². The van der Waals surface area contributed by atoms with Crippen molar-refractivity contribution in [1.29, 1.82) is 0 Å². The van der Waals surface area contributed by atoms with Gasteiger partial charge in [0, 0.05) is 12.1 Å². The van der Waals surface area contributed by atoms with Crippen molar-refractivity contribution < 1.29 is 0 Å². The smallest absolute Gasteiger partial charge is 0.00814 e. The Balaban J connectivity index is 2.29. The number of nitrogens with zero attached hydrogens (tertiary/aromatic N) is 1. The molecule has 1 nitrogen and oxygen atoms in total. The molecule has 0 amide bonds. The molecule has 1 heterocycles. The van der Waals surface area contributed by atoms with Crippen LogP contribution in [0, 0.1) is 0 Å². The first-order chi connectivity index (χ1) is 3.22. The second-order valence-electron chi connectivity index (χ2n) is 2.60. The molecule has 0 saturated carbocycles. The van der Waals surface area contributed by atoms with E-state index < -0.39 is 0 Å². The zero-order valence-electron chi connectivity index (χ0n) is 5.31.